The van der Waals surface area contributed by atoms with Gasteiger partial charge in [-0.2, -0.15) is 10.2 Å². The number of carbonyl (C=O) groups is 1. The number of nitro groups is 1. The van der Waals surface area contributed by atoms with Crippen LogP contribution in [0.5, 0.6) is 5.75 Å². The summed E-state index contributed by atoms with van der Waals surface area (Å²) >= 11 is 3.51. The fourth-order valence-corrected chi connectivity index (χ4v) is 3.52. The maximum absolute atomic E-state index is 12.8. The topological polar surface area (TPSA) is 129 Å². The molecule has 4 aromatic rings. The van der Waals surface area contributed by atoms with E-state index >= 15 is 0 Å². The summed E-state index contributed by atoms with van der Waals surface area (Å²) in [6.07, 6.45) is 3.48. The third-order valence-corrected chi connectivity index (χ3v) is 5.10. The van der Waals surface area contributed by atoms with E-state index in [0.29, 0.717) is 23.6 Å². The molecular formula is C19H16BrN7O4. The van der Waals surface area contributed by atoms with Gasteiger partial charge in [0.25, 0.3) is 11.6 Å². The van der Waals surface area contributed by atoms with Crippen molar-refractivity contribution < 1.29 is 14.5 Å². The van der Waals surface area contributed by atoms with E-state index in [-0.39, 0.29) is 22.8 Å². The number of anilines is 1. The van der Waals surface area contributed by atoms with Gasteiger partial charge in [-0.1, -0.05) is 0 Å². The number of nitro benzene ring substituents is 1. The Morgan fingerprint density at radius 3 is 2.77 bits per heavy atom. The lowest BCUT2D eigenvalue weighted by Gasteiger charge is -2.08. The van der Waals surface area contributed by atoms with Gasteiger partial charge in [0.2, 0.25) is 0 Å². The van der Waals surface area contributed by atoms with E-state index in [1.165, 1.54) is 29.8 Å². The fourth-order valence-electron chi connectivity index (χ4n) is 3.00. The highest BCUT2D eigenvalue weighted by Crippen LogP contribution is 2.30. The van der Waals surface area contributed by atoms with Gasteiger partial charge in [0.05, 0.1) is 34.0 Å². The highest BCUT2D eigenvalue weighted by atomic mass is 79.9. The molecule has 0 aliphatic rings. The zero-order valence-corrected chi connectivity index (χ0v) is 18.0. The van der Waals surface area contributed by atoms with Crippen LogP contribution in [0.1, 0.15) is 17.4 Å². The molecule has 158 valence electrons. The minimum Gasteiger partial charge on any atom is -0.494 e. The summed E-state index contributed by atoms with van der Waals surface area (Å²) < 4.78 is 9.27. The van der Waals surface area contributed by atoms with Crippen LogP contribution in [0.25, 0.3) is 17.0 Å². The van der Waals surface area contributed by atoms with E-state index in [1.807, 2.05) is 13.1 Å². The number of nitrogens with one attached hydrogen (secondary N) is 1. The van der Waals surface area contributed by atoms with E-state index in [0.717, 1.165) is 4.47 Å². The predicted octanol–water partition coefficient (Wildman–Crippen LogP) is 3.54. The largest absolute Gasteiger partial charge is 0.494 e. The molecule has 0 fully saturated rings. The van der Waals surface area contributed by atoms with Crippen LogP contribution >= 0.6 is 15.9 Å². The van der Waals surface area contributed by atoms with E-state index in [2.05, 4.69) is 36.4 Å². The predicted molar refractivity (Wildman–Crippen MR) is 115 cm³/mol. The number of benzene rings is 1. The summed E-state index contributed by atoms with van der Waals surface area (Å²) in [5.41, 5.74) is 2.06. The van der Waals surface area contributed by atoms with Gasteiger partial charge in [0.1, 0.15) is 11.4 Å². The van der Waals surface area contributed by atoms with Crippen LogP contribution in [0.4, 0.5) is 11.4 Å². The number of fused-ring (bicyclic) bond motifs is 1. The van der Waals surface area contributed by atoms with Crippen molar-refractivity contribution in [1.82, 2.24) is 24.4 Å². The Morgan fingerprint density at radius 1 is 1.29 bits per heavy atom. The Balaban J connectivity index is 1.69. The standard InChI is InChI=1S/C19H16BrN7O4/c1-3-25-10-12(20)18(24-25)15-6-7-21-17-9-14(23-26(15)17)19(28)22-13-5-4-11(27(29)30)8-16(13)31-2/h4-10H,3H2,1-2H3,(H,22,28). The number of carbonyl (C=O) groups excluding carboxylic acids is 1. The second-order valence-corrected chi connectivity index (χ2v) is 7.26. The Bertz CT molecular complexity index is 1310. The lowest BCUT2D eigenvalue weighted by molar-refractivity contribution is -0.384. The van der Waals surface area contributed by atoms with Gasteiger partial charge in [0, 0.05) is 31.1 Å². The van der Waals surface area contributed by atoms with Crippen LogP contribution in [0.2, 0.25) is 0 Å². The smallest absolute Gasteiger partial charge is 0.276 e. The van der Waals surface area contributed by atoms with E-state index in [4.69, 9.17) is 4.74 Å². The number of hydrogen-bond donors (Lipinski definition) is 1. The molecule has 0 aliphatic heterocycles. The molecule has 1 aromatic carbocycles. The van der Waals surface area contributed by atoms with Crippen molar-refractivity contribution in [3.8, 4) is 17.1 Å². The first kappa shape index (κ1) is 20.5. The number of aryl methyl sites for hydroxylation is 1. The minimum absolute atomic E-state index is 0.117. The summed E-state index contributed by atoms with van der Waals surface area (Å²) in [7, 11) is 1.36. The average molecular weight is 486 g/mol. The SMILES string of the molecule is CCn1cc(Br)c(-c2ccnc3cc(C(=O)Nc4ccc([N+](=O)[O-])cc4OC)nn23)n1. The second-order valence-electron chi connectivity index (χ2n) is 6.41. The molecular weight excluding hydrogens is 470 g/mol. The van der Waals surface area contributed by atoms with E-state index in [9.17, 15) is 14.9 Å². The third-order valence-electron chi connectivity index (χ3n) is 4.52. The molecule has 11 nitrogen and oxygen atoms in total. The number of hydrogen-bond acceptors (Lipinski definition) is 7. The van der Waals surface area contributed by atoms with Crippen molar-refractivity contribution in [2.75, 3.05) is 12.4 Å². The Labute approximate surface area is 183 Å². The van der Waals surface area contributed by atoms with Gasteiger partial charge < -0.3 is 10.1 Å². The van der Waals surface area contributed by atoms with Crippen molar-refractivity contribution in [2.24, 2.45) is 0 Å². The van der Waals surface area contributed by atoms with E-state index < -0.39 is 10.8 Å². The fraction of sp³-hybridized carbons (Fsp3) is 0.158. The van der Waals surface area contributed by atoms with Crippen molar-refractivity contribution >= 4 is 38.9 Å². The lowest BCUT2D eigenvalue weighted by Crippen LogP contribution is -2.13. The lowest BCUT2D eigenvalue weighted by atomic mass is 10.2. The van der Waals surface area contributed by atoms with Crippen molar-refractivity contribution in [2.45, 2.75) is 13.5 Å². The number of non-ortho nitro benzene ring substituents is 1. The number of halogens is 1. The molecule has 0 saturated heterocycles. The van der Waals surface area contributed by atoms with Crippen LogP contribution < -0.4 is 10.1 Å². The van der Waals surface area contributed by atoms with Crippen molar-refractivity contribution in [1.29, 1.82) is 0 Å². The number of aromatic nitrogens is 5. The molecule has 0 radical (unpaired) electrons. The van der Waals surface area contributed by atoms with Crippen LogP contribution in [0, 0.1) is 10.1 Å². The molecule has 1 N–H and O–H groups in total. The van der Waals surface area contributed by atoms with Crippen molar-refractivity contribution in [3.63, 3.8) is 0 Å². The molecule has 0 aliphatic carbocycles. The summed E-state index contributed by atoms with van der Waals surface area (Å²) in [5.74, 6) is -0.346. The quantitative estimate of drug-likeness (QED) is 0.326. The molecule has 4 rings (SSSR count). The molecule has 0 spiro atoms. The molecule has 0 bridgehead atoms. The number of methoxy groups -OCH3 is 1. The first-order valence-corrected chi connectivity index (χ1v) is 9.92. The van der Waals surface area contributed by atoms with Crippen molar-refractivity contribution in [3.05, 3.63) is 63.0 Å². The van der Waals surface area contributed by atoms with Crippen LogP contribution in [0.3, 0.4) is 0 Å². The summed E-state index contributed by atoms with van der Waals surface area (Å²) in [6.45, 7) is 2.69. The van der Waals surface area contributed by atoms with Crippen LogP contribution in [-0.2, 0) is 6.54 Å². The van der Waals surface area contributed by atoms with Gasteiger partial charge >= 0.3 is 0 Å². The molecule has 31 heavy (non-hydrogen) atoms. The first-order valence-electron chi connectivity index (χ1n) is 9.13. The zero-order valence-electron chi connectivity index (χ0n) is 16.4. The third kappa shape index (κ3) is 3.84. The zero-order chi connectivity index (χ0) is 22.1. The number of nitrogens with zero attached hydrogens (tertiary/aromatic N) is 6. The highest BCUT2D eigenvalue weighted by molar-refractivity contribution is 9.10. The molecule has 12 heteroatoms. The van der Waals surface area contributed by atoms with Gasteiger partial charge in [0.15, 0.2) is 11.3 Å². The molecule has 0 unspecified atom stereocenters. The molecule has 0 atom stereocenters. The summed E-state index contributed by atoms with van der Waals surface area (Å²) in [5, 5.41) is 22.5. The number of ether oxygens (including phenoxy) is 1. The maximum atomic E-state index is 12.8. The average Bonchev–Trinajstić information content (AvgIpc) is 3.37. The second kappa shape index (κ2) is 8.14. The van der Waals surface area contributed by atoms with Gasteiger partial charge in [-0.15, -0.1) is 0 Å². The molecule has 1 amide bonds. The van der Waals surface area contributed by atoms with E-state index in [1.54, 1.807) is 23.0 Å². The highest BCUT2D eigenvalue weighted by Gasteiger charge is 2.19. The Kier molecular flexibility index (Phi) is 5.38. The Morgan fingerprint density at radius 2 is 2.10 bits per heavy atom. The minimum atomic E-state index is -0.540. The molecule has 0 saturated carbocycles. The van der Waals surface area contributed by atoms with Gasteiger partial charge in [-0.3, -0.25) is 19.6 Å². The van der Waals surface area contributed by atoms with Crippen LogP contribution in [-0.4, -0.2) is 42.3 Å². The van der Waals surface area contributed by atoms with Crippen LogP contribution in [0.15, 0.2) is 47.2 Å². The Hall–Kier alpha value is -3.80. The van der Waals surface area contributed by atoms with Gasteiger partial charge in [-0.25, -0.2) is 9.50 Å². The monoisotopic (exact) mass is 485 g/mol. The van der Waals surface area contributed by atoms with Gasteiger partial charge in [-0.05, 0) is 35.0 Å². The summed E-state index contributed by atoms with van der Waals surface area (Å²) in [6, 6.07) is 7.22. The first-order chi connectivity index (χ1) is 14.9. The molecule has 3 heterocycles. The molecule has 3 aromatic heterocycles. The summed E-state index contributed by atoms with van der Waals surface area (Å²) in [4.78, 5) is 27.5. The normalized spacial score (nSPS) is 10.9. The maximum Gasteiger partial charge on any atom is 0.276 e. The number of rotatable bonds is 6. The number of amides is 1.